The molecule has 1 aromatic heterocycles. The van der Waals surface area contributed by atoms with Gasteiger partial charge in [0.2, 0.25) is 0 Å². The molecular weight excluding hydrogens is 482 g/mol. The van der Waals surface area contributed by atoms with Crippen LogP contribution in [0, 0.1) is 0 Å². The molecule has 0 unspecified atom stereocenters. The van der Waals surface area contributed by atoms with Crippen molar-refractivity contribution in [3.05, 3.63) is 63.6 Å². The molecule has 0 radical (unpaired) electrons. The largest absolute Gasteiger partial charge is 0.490 e. The van der Waals surface area contributed by atoms with Crippen molar-refractivity contribution >= 4 is 33.4 Å². The van der Waals surface area contributed by atoms with Crippen LogP contribution < -0.4 is 15.2 Å². The summed E-state index contributed by atoms with van der Waals surface area (Å²) in [7, 11) is 0. The van der Waals surface area contributed by atoms with Crippen LogP contribution in [0.4, 0.5) is 4.79 Å². The summed E-state index contributed by atoms with van der Waals surface area (Å²) in [4.78, 5) is 10.8. The molecule has 4 rings (SSSR count). The van der Waals surface area contributed by atoms with Crippen LogP contribution in [0.25, 0.3) is 0 Å². The summed E-state index contributed by atoms with van der Waals surface area (Å²) in [5, 5.41) is 8.32. The molecule has 1 fully saturated rings. The smallest absolute Gasteiger partial charge is 0.404 e. The zero-order valence-electron chi connectivity index (χ0n) is 17.1. The highest BCUT2D eigenvalue weighted by atomic mass is 79.9. The van der Waals surface area contributed by atoms with Crippen molar-refractivity contribution in [2.24, 2.45) is 5.73 Å². The maximum atomic E-state index is 10.8. The third-order valence-electron chi connectivity index (χ3n) is 5.38. The predicted molar refractivity (Wildman–Crippen MR) is 121 cm³/mol. The monoisotopic (exact) mass is 503 g/mol. The minimum absolute atomic E-state index is 0.0458. The summed E-state index contributed by atoms with van der Waals surface area (Å²) in [6, 6.07) is 16.1. The average molecular weight is 504 g/mol. The first-order chi connectivity index (χ1) is 14.8. The SMILES string of the molecule is CC(C)(c1ccc(Oc2nnc(Br)s2)cc1)c1ccc(OC2CC(OC(N)=O)C2)cc1. The second kappa shape index (κ2) is 8.84. The quantitative estimate of drug-likeness (QED) is 0.461. The minimum atomic E-state index is -0.733. The van der Waals surface area contributed by atoms with E-state index in [0.29, 0.717) is 27.7 Å². The van der Waals surface area contributed by atoms with Crippen molar-refractivity contribution in [3.8, 4) is 16.7 Å². The number of nitrogens with zero attached hydrogens (tertiary/aromatic N) is 2. The van der Waals surface area contributed by atoms with Crippen LogP contribution in [0.2, 0.25) is 0 Å². The van der Waals surface area contributed by atoms with Gasteiger partial charge in [0, 0.05) is 18.3 Å². The summed E-state index contributed by atoms with van der Waals surface area (Å²) in [6.45, 7) is 4.36. The van der Waals surface area contributed by atoms with Crippen LogP contribution in [-0.2, 0) is 10.2 Å². The van der Waals surface area contributed by atoms with Gasteiger partial charge in [-0.15, -0.1) is 5.10 Å². The van der Waals surface area contributed by atoms with Gasteiger partial charge in [-0.25, -0.2) is 4.79 Å². The van der Waals surface area contributed by atoms with Crippen molar-refractivity contribution in [1.82, 2.24) is 10.2 Å². The van der Waals surface area contributed by atoms with E-state index in [2.05, 4.69) is 64.2 Å². The molecule has 0 saturated heterocycles. The Kier molecular flexibility index (Phi) is 6.15. The van der Waals surface area contributed by atoms with E-state index in [0.717, 1.165) is 11.3 Å². The Labute approximate surface area is 192 Å². The standard InChI is InChI=1S/C22H22BrN3O4S/c1-22(2,14-5-9-16(10-6-14)30-21-26-25-19(23)31-21)13-3-7-15(8-4-13)28-17-11-18(12-17)29-20(24)27/h3-10,17-18H,11-12H2,1-2H3,(H2,24,27). The number of nitrogens with two attached hydrogens (primary N) is 1. The lowest BCUT2D eigenvalue weighted by atomic mass is 9.78. The number of carbonyl (C=O) groups is 1. The van der Waals surface area contributed by atoms with Crippen molar-refractivity contribution in [3.63, 3.8) is 0 Å². The summed E-state index contributed by atoms with van der Waals surface area (Å²) in [5.41, 5.74) is 7.18. The molecule has 2 aromatic carbocycles. The van der Waals surface area contributed by atoms with Crippen molar-refractivity contribution in [2.45, 2.75) is 44.3 Å². The van der Waals surface area contributed by atoms with Gasteiger partial charge in [0.25, 0.3) is 5.19 Å². The molecule has 7 nitrogen and oxygen atoms in total. The molecule has 0 spiro atoms. The van der Waals surface area contributed by atoms with E-state index < -0.39 is 6.09 Å². The van der Waals surface area contributed by atoms with Crippen LogP contribution in [0.5, 0.6) is 16.7 Å². The molecule has 1 aliphatic rings. The van der Waals surface area contributed by atoms with Gasteiger partial charge in [0.05, 0.1) is 0 Å². The lowest BCUT2D eigenvalue weighted by molar-refractivity contribution is -0.0197. The summed E-state index contributed by atoms with van der Waals surface area (Å²) >= 11 is 4.61. The summed E-state index contributed by atoms with van der Waals surface area (Å²) in [5.74, 6) is 1.51. The Morgan fingerprint density at radius 2 is 1.58 bits per heavy atom. The normalized spacial score (nSPS) is 18.2. The van der Waals surface area contributed by atoms with E-state index in [1.54, 1.807) is 0 Å². The number of primary amides is 1. The van der Waals surface area contributed by atoms with Crippen LogP contribution in [0.1, 0.15) is 37.8 Å². The number of carbonyl (C=O) groups excluding carboxylic acids is 1. The number of benzene rings is 2. The zero-order chi connectivity index (χ0) is 22.0. The average Bonchev–Trinajstić information content (AvgIpc) is 3.11. The van der Waals surface area contributed by atoms with E-state index in [1.165, 1.54) is 16.9 Å². The molecule has 1 aliphatic carbocycles. The molecule has 9 heteroatoms. The molecule has 3 aromatic rings. The second-order valence-electron chi connectivity index (χ2n) is 7.87. The van der Waals surface area contributed by atoms with Crippen LogP contribution in [-0.4, -0.2) is 28.5 Å². The van der Waals surface area contributed by atoms with Crippen molar-refractivity contribution in [1.29, 1.82) is 0 Å². The van der Waals surface area contributed by atoms with Gasteiger partial charge in [-0.1, -0.05) is 43.2 Å². The molecule has 0 aliphatic heterocycles. The topological polar surface area (TPSA) is 96.6 Å². The lowest BCUT2D eigenvalue weighted by Gasteiger charge is -2.34. The van der Waals surface area contributed by atoms with Crippen LogP contribution in [0.15, 0.2) is 52.4 Å². The molecule has 162 valence electrons. The fraction of sp³-hybridized carbons (Fsp3) is 0.318. The van der Waals surface area contributed by atoms with E-state index in [4.69, 9.17) is 19.9 Å². The van der Waals surface area contributed by atoms with Gasteiger partial charge in [-0.3, -0.25) is 0 Å². The molecule has 1 saturated carbocycles. The first-order valence-electron chi connectivity index (χ1n) is 9.80. The number of halogens is 1. The number of aromatic nitrogens is 2. The fourth-order valence-corrected chi connectivity index (χ4v) is 4.40. The second-order valence-corrected chi connectivity index (χ2v) is 10.1. The Morgan fingerprint density at radius 3 is 2.10 bits per heavy atom. The Hall–Kier alpha value is -2.65. The zero-order valence-corrected chi connectivity index (χ0v) is 19.5. The van der Waals surface area contributed by atoms with E-state index in [-0.39, 0.29) is 17.6 Å². The molecule has 31 heavy (non-hydrogen) atoms. The maximum absolute atomic E-state index is 10.8. The van der Waals surface area contributed by atoms with E-state index in [1.807, 2.05) is 24.3 Å². The number of amides is 1. The highest BCUT2D eigenvalue weighted by molar-refractivity contribution is 9.11. The number of hydrogen-bond donors (Lipinski definition) is 1. The fourth-order valence-electron chi connectivity index (χ4n) is 3.46. The first kappa shape index (κ1) is 21.6. The van der Waals surface area contributed by atoms with Crippen LogP contribution >= 0.6 is 27.3 Å². The van der Waals surface area contributed by atoms with Crippen molar-refractivity contribution < 1.29 is 19.0 Å². The molecule has 1 heterocycles. The van der Waals surface area contributed by atoms with Gasteiger partial charge in [0.1, 0.15) is 23.7 Å². The molecule has 1 amide bonds. The van der Waals surface area contributed by atoms with Gasteiger partial charge in [-0.05, 0) is 62.7 Å². The summed E-state index contributed by atoms with van der Waals surface area (Å²) in [6.07, 6.45) is 0.505. The number of rotatable bonds is 7. The van der Waals surface area contributed by atoms with Crippen LogP contribution in [0.3, 0.4) is 0 Å². The summed E-state index contributed by atoms with van der Waals surface area (Å²) < 4.78 is 17.3. The first-order valence-corrected chi connectivity index (χ1v) is 11.4. The molecule has 0 bridgehead atoms. The third-order valence-corrected chi connectivity index (χ3v) is 6.61. The Bertz CT molecular complexity index is 1050. The minimum Gasteiger partial charge on any atom is -0.490 e. The van der Waals surface area contributed by atoms with E-state index >= 15 is 0 Å². The predicted octanol–water partition coefficient (Wildman–Crippen LogP) is 5.42. The third kappa shape index (κ3) is 5.16. The highest BCUT2D eigenvalue weighted by Gasteiger charge is 2.33. The Balaban J connectivity index is 1.37. The van der Waals surface area contributed by atoms with E-state index in [9.17, 15) is 4.79 Å². The number of hydrogen-bond acceptors (Lipinski definition) is 7. The van der Waals surface area contributed by atoms with Gasteiger partial charge < -0.3 is 19.9 Å². The lowest BCUT2D eigenvalue weighted by Crippen LogP contribution is -2.41. The maximum Gasteiger partial charge on any atom is 0.404 e. The van der Waals surface area contributed by atoms with Crippen molar-refractivity contribution in [2.75, 3.05) is 0 Å². The van der Waals surface area contributed by atoms with Gasteiger partial charge in [0.15, 0.2) is 3.92 Å². The highest BCUT2D eigenvalue weighted by Crippen LogP contribution is 2.35. The molecule has 2 N–H and O–H groups in total. The molecular formula is C22H22BrN3O4S. The van der Waals surface area contributed by atoms with Gasteiger partial charge >= 0.3 is 6.09 Å². The Morgan fingerprint density at radius 1 is 1.00 bits per heavy atom. The van der Waals surface area contributed by atoms with Gasteiger partial charge in [-0.2, -0.15) is 0 Å². The number of ether oxygens (including phenoxy) is 3. The molecule has 0 atom stereocenters.